The van der Waals surface area contributed by atoms with Crippen LogP contribution in [0.4, 0.5) is 4.79 Å². The van der Waals surface area contributed by atoms with Crippen molar-refractivity contribution in [3.8, 4) is 0 Å². The fourth-order valence-electron chi connectivity index (χ4n) is 1.51. The van der Waals surface area contributed by atoms with Crippen LogP contribution in [-0.2, 0) is 9.53 Å². The molecule has 0 bridgehead atoms. The standard InChI is InChI=1S/C11H20N2O4.ClH/c1-7(9(14)15)13-6-8(13)5-12-10(16)17-11(2,3)4;/h7-8H,5-6H2,1-4H3,(H,12,16)(H,14,15);1H/t7-,8?,13?;/m0./s1. The molecule has 0 aromatic rings. The molecule has 106 valence electrons. The van der Waals surface area contributed by atoms with Crippen molar-refractivity contribution < 1.29 is 19.4 Å². The molecule has 0 radical (unpaired) electrons. The Labute approximate surface area is 113 Å². The van der Waals surface area contributed by atoms with E-state index in [9.17, 15) is 9.59 Å². The molecule has 2 N–H and O–H groups in total. The monoisotopic (exact) mass is 280 g/mol. The maximum Gasteiger partial charge on any atom is 0.407 e. The third kappa shape index (κ3) is 5.55. The van der Waals surface area contributed by atoms with Crippen LogP contribution in [0.3, 0.4) is 0 Å². The fraction of sp³-hybridized carbons (Fsp3) is 0.818. The van der Waals surface area contributed by atoms with Crippen LogP contribution in [0.15, 0.2) is 0 Å². The molecule has 1 aliphatic rings. The molecular weight excluding hydrogens is 260 g/mol. The third-order valence-electron chi connectivity index (χ3n) is 2.49. The average molecular weight is 281 g/mol. The number of carboxylic acids is 1. The number of hydrogen-bond acceptors (Lipinski definition) is 4. The van der Waals surface area contributed by atoms with Crippen molar-refractivity contribution in [3.63, 3.8) is 0 Å². The van der Waals surface area contributed by atoms with E-state index in [0.29, 0.717) is 13.1 Å². The van der Waals surface area contributed by atoms with E-state index in [2.05, 4.69) is 5.32 Å². The number of hydrogen-bond donors (Lipinski definition) is 2. The number of ether oxygens (including phenoxy) is 1. The lowest BCUT2D eigenvalue weighted by Crippen LogP contribution is -2.36. The van der Waals surface area contributed by atoms with Crippen molar-refractivity contribution in [1.29, 1.82) is 0 Å². The number of carboxylic acid groups (broad SMARTS) is 1. The highest BCUT2D eigenvalue weighted by atomic mass is 35.5. The number of halogens is 1. The first-order chi connectivity index (χ1) is 7.70. The van der Waals surface area contributed by atoms with Gasteiger partial charge in [0.05, 0.1) is 0 Å². The Morgan fingerprint density at radius 2 is 2.06 bits per heavy atom. The lowest BCUT2D eigenvalue weighted by molar-refractivity contribution is -0.140. The van der Waals surface area contributed by atoms with E-state index in [4.69, 9.17) is 9.84 Å². The number of carbonyl (C=O) groups excluding carboxylic acids is 1. The Bertz CT molecular complexity index is 317. The number of amides is 1. The third-order valence-corrected chi connectivity index (χ3v) is 2.49. The van der Waals surface area contributed by atoms with Crippen LogP contribution < -0.4 is 5.32 Å². The molecule has 18 heavy (non-hydrogen) atoms. The largest absolute Gasteiger partial charge is 0.480 e. The van der Waals surface area contributed by atoms with Gasteiger partial charge < -0.3 is 15.2 Å². The van der Waals surface area contributed by atoms with E-state index in [0.717, 1.165) is 0 Å². The van der Waals surface area contributed by atoms with Gasteiger partial charge in [-0.1, -0.05) is 0 Å². The zero-order valence-corrected chi connectivity index (χ0v) is 11.9. The zero-order valence-electron chi connectivity index (χ0n) is 11.1. The van der Waals surface area contributed by atoms with E-state index < -0.39 is 23.7 Å². The van der Waals surface area contributed by atoms with Gasteiger partial charge in [-0.25, -0.2) is 4.79 Å². The normalized spacial score (nSPS) is 23.6. The van der Waals surface area contributed by atoms with Crippen molar-refractivity contribution in [2.24, 2.45) is 0 Å². The van der Waals surface area contributed by atoms with E-state index in [1.54, 1.807) is 32.6 Å². The number of alkyl carbamates (subject to hydrolysis) is 1. The summed E-state index contributed by atoms with van der Waals surface area (Å²) in [5.74, 6) is -0.843. The molecular formula is C11H21ClN2O4. The summed E-state index contributed by atoms with van der Waals surface area (Å²) < 4.78 is 5.07. The van der Waals surface area contributed by atoms with Crippen LogP contribution in [0, 0.1) is 0 Å². The van der Waals surface area contributed by atoms with Gasteiger partial charge >= 0.3 is 12.1 Å². The summed E-state index contributed by atoms with van der Waals surface area (Å²) in [5.41, 5.74) is -0.512. The molecule has 1 amide bonds. The minimum Gasteiger partial charge on any atom is -0.480 e. The van der Waals surface area contributed by atoms with Crippen molar-refractivity contribution >= 4 is 24.5 Å². The summed E-state index contributed by atoms with van der Waals surface area (Å²) in [6, 6.07) is -0.394. The van der Waals surface area contributed by atoms with Crippen molar-refractivity contribution in [3.05, 3.63) is 0 Å². The van der Waals surface area contributed by atoms with E-state index in [1.807, 2.05) is 0 Å². The smallest absolute Gasteiger partial charge is 0.407 e. The molecule has 6 nitrogen and oxygen atoms in total. The van der Waals surface area contributed by atoms with Crippen LogP contribution in [0.2, 0.25) is 0 Å². The fourth-order valence-corrected chi connectivity index (χ4v) is 1.51. The second-order valence-electron chi connectivity index (χ2n) is 5.25. The number of aliphatic carboxylic acids is 1. The van der Waals surface area contributed by atoms with Gasteiger partial charge in [-0.15, -0.1) is 12.4 Å². The second-order valence-corrected chi connectivity index (χ2v) is 5.25. The summed E-state index contributed by atoms with van der Waals surface area (Å²) in [4.78, 5) is 23.8. The molecule has 7 heteroatoms. The van der Waals surface area contributed by atoms with Gasteiger partial charge in [0.2, 0.25) is 0 Å². The predicted octanol–water partition coefficient (Wildman–Crippen LogP) is 1.09. The van der Waals surface area contributed by atoms with Crippen LogP contribution in [0.5, 0.6) is 0 Å². The molecule has 0 aromatic heterocycles. The number of nitrogens with one attached hydrogen (secondary N) is 1. The van der Waals surface area contributed by atoms with Gasteiger partial charge in [0.15, 0.2) is 0 Å². The van der Waals surface area contributed by atoms with Gasteiger partial charge in [-0.05, 0) is 27.7 Å². The minimum absolute atomic E-state index is 0. The summed E-state index contributed by atoms with van der Waals surface area (Å²) in [7, 11) is 0. The van der Waals surface area contributed by atoms with Gasteiger partial charge in [0.25, 0.3) is 0 Å². The molecule has 1 aliphatic heterocycles. The van der Waals surface area contributed by atoms with Gasteiger partial charge in [-0.3, -0.25) is 9.69 Å². The summed E-state index contributed by atoms with van der Waals surface area (Å²) in [6.07, 6.45) is -0.465. The zero-order chi connectivity index (χ0) is 13.2. The molecule has 1 saturated heterocycles. The molecule has 1 rings (SSSR count). The highest BCUT2D eigenvalue weighted by Crippen LogP contribution is 2.20. The van der Waals surface area contributed by atoms with E-state index in [-0.39, 0.29) is 18.4 Å². The van der Waals surface area contributed by atoms with Crippen molar-refractivity contribution in [2.45, 2.75) is 45.4 Å². The molecule has 2 unspecified atom stereocenters. The predicted molar refractivity (Wildman–Crippen MR) is 69.1 cm³/mol. The molecule has 0 aromatic carbocycles. The van der Waals surface area contributed by atoms with Gasteiger partial charge in [0, 0.05) is 19.1 Å². The highest BCUT2D eigenvalue weighted by molar-refractivity contribution is 5.85. The summed E-state index contributed by atoms with van der Waals surface area (Å²) in [5, 5.41) is 11.4. The Morgan fingerprint density at radius 1 is 1.50 bits per heavy atom. The second kappa shape index (κ2) is 6.24. The summed E-state index contributed by atoms with van der Waals surface area (Å²) in [6.45, 7) is 8.14. The minimum atomic E-state index is -0.843. The first-order valence-electron chi connectivity index (χ1n) is 5.66. The summed E-state index contributed by atoms with van der Waals surface area (Å²) >= 11 is 0. The van der Waals surface area contributed by atoms with Gasteiger partial charge in [0.1, 0.15) is 11.6 Å². The average Bonchev–Trinajstić information content (AvgIpc) is 2.89. The van der Waals surface area contributed by atoms with Crippen LogP contribution in [0.25, 0.3) is 0 Å². The van der Waals surface area contributed by atoms with E-state index >= 15 is 0 Å². The molecule has 0 aliphatic carbocycles. The topological polar surface area (TPSA) is 78.6 Å². The number of carbonyl (C=O) groups is 2. The van der Waals surface area contributed by atoms with Crippen molar-refractivity contribution in [1.82, 2.24) is 10.2 Å². The first-order valence-corrected chi connectivity index (χ1v) is 5.66. The molecule has 1 heterocycles. The maximum absolute atomic E-state index is 11.3. The molecule has 1 fully saturated rings. The van der Waals surface area contributed by atoms with Crippen LogP contribution >= 0.6 is 12.4 Å². The SMILES string of the molecule is C[C@@H](C(=O)O)N1CC1CNC(=O)OC(C)(C)C.Cl. The lowest BCUT2D eigenvalue weighted by atomic mass is 10.2. The highest BCUT2D eigenvalue weighted by Gasteiger charge is 2.40. The molecule has 0 spiro atoms. The van der Waals surface area contributed by atoms with Crippen molar-refractivity contribution in [2.75, 3.05) is 13.1 Å². The Balaban J connectivity index is 0.00000289. The molecule has 0 saturated carbocycles. The Hall–Kier alpha value is -1.01. The van der Waals surface area contributed by atoms with E-state index in [1.165, 1.54) is 0 Å². The van der Waals surface area contributed by atoms with Crippen LogP contribution in [-0.4, -0.2) is 52.8 Å². The Kier molecular flexibility index (Phi) is 5.89. The quantitative estimate of drug-likeness (QED) is 0.754. The lowest BCUT2D eigenvalue weighted by Gasteiger charge is -2.19. The Morgan fingerprint density at radius 3 is 2.50 bits per heavy atom. The van der Waals surface area contributed by atoms with Crippen LogP contribution in [0.1, 0.15) is 27.7 Å². The molecule has 3 atom stereocenters. The first kappa shape index (κ1) is 17.0. The number of nitrogens with zero attached hydrogens (tertiary/aromatic N) is 1. The van der Waals surface area contributed by atoms with Gasteiger partial charge in [-0.2, -0.15) is 0 Å². The number of rotatable bonds is 4. The maximum atomic E-state index is 11.3.